The van der Waals surface area contributed by atoms with E-state index in [1.165, 1.54) is 12.1 Å². The third-order valence-corrected chi connectivity index (χ3v) is 5.56. The van der Waals surface area contributed by atoms with Crippen LogP contribution in [0, 0.1) is 11.3 Å². The Morgan fingerprint density at radius 3 is 2.38 bits per heavy atom. The number of anilines is 1. The van der Waals surface area contributed by atoms with Crippen LogP contribution in [0.4, 0.5) is 5.69 Å². The predicted molar refractivity (Wildman–Crippen MR) is 95.9 cm³/mol. The number of hydrogen-bond acceptors (Lipinski definition) is 5. The van der Waals surface area contributed by atoms with Gasteiger partial charge in [0.05, 0.1) is 22.7 Å². The number of rotatable bonds is 5. The van der Waals surface area contributed by atoms with Gasteiger partial charge in [-0.1, -0.05) is 0 Å². The van der Waals surface area contributed by atoms with Crippen LogP contribution in [0.2, 0.25) is 0 Å². The second-order valence-corrected chi connectivity index (χ2v) is 7.84. The zero-order valence-electron chi connectivity index (χ0n) is 13.7. The standard InChI is InChI=1S/C19H15N3O3S/c20-11-13-1-7-16(8-2-13)22-26(23,24)17-9-5-14(6-10-17)18-12-21-19(25-18)15-3-4-15/h1-2,5-10,12,15,22H,3-4H2. The lowest BCUT2D eigenvalue weighted by Gasteiger charge is -2.08. The Bertz CT molecular complexity index is 1070. The lowest BCUT2D eigenvalue weighted by Crippen LogP contribution is -2.12. The van der Waals surface area contributed by atoms with Gasteiger partial charge in [-0.3, -0.25) is 4.72 Å². The summed E-state index contributed by atoms with van der Waals surface area (Å²) in [6.07, 6.45) is 3.89. The fraction of sp³-hybridized carbons (Fsp3) is 0.158. The Morgan fingerprint density at radius 1 is 1.08 bits per heavy atom. The van der Waals surface area contributed by atoms with Gasteiger partial charge >= 0.3 is 0 Å². The molecule has 3 aromatic rings. The molecule has 1 N–H and O–H groups in total. The van der Waals surface area contributed by atoms with E-state index in [9.17, 15) is 8.42 Å². The van der Waals surface area contributed by atoms with Gasteiger partial charge < -0.3 is 4.42 Å². The quantitative estimate of drug-likeness (QED) is 0.740. The summed E-state index contributed by atoms with van der Waals surface area (Å²) in [6, 6.07) is 14.7. The van der Waals surface area contributed by atoms with Gasteiger partial charge in [0.2, 0.25) is 0 Å². The number of nitriles is 1. The van der Waals surface area contributed by atoms with E-state index >= 15 is 0 Å². The largest absolute Gasteiger partial charge is 0.440 e. The normalized spacial score (nSPS) is 14.0. The number of sulfonamides is 1. The minimum Gasteiger partial charge on any atom is -0.440 e. The van der Waals surface area contributed by atoms with Crippen LogP contribution in [0.1, 0.15) is 30.2 Å². The molecular weight excluding hydrogens is 350 g/mol. The molecule has 4 rings (SSSR count). The molecule has 0 saturated heterocycles. The molecular formula is C19H15N3O3S. The van der Waals surface area contributed by atoms with Crippen LogP contribution in [0.3, 0.4) is 0 Å². The van der Waals surface area contributed by atoms with Gasteiger partial charge in [0.15, 0.2) is 11.7 Å². The topological polar surface area (TPSA) is 96.0 Å². The molecule has 0 aliphatic heterocycles. The van der Waals surface area contributed by atoms with Gasteiger partial charge in [-0.05, 0) is 61.4 Å². The van der Waals surface area contributed by atoms with E-state index < -0.39 is 10.0 Å². The van der Waals surface area contributed by atoms with Crippen LogP contribution in [-0.2, 0) is 10.0 Å². The molecule has 1 saturated carbocycles. The highest BCUT2D eigenvalue weighted by Crippen LogP contribution is 2.40. The van der Waals surface area contributed by atoms with E-state index in [4.69, 9.17) is 9.68 Å². The summed E-state index contributed by atoms with van der Waals surface area (Å²) in [5, 5.41) is 8.79. The fourth-order valence-electron chi connectivity index (χ4n) is 2.57. The van der Waals surface area contributed by atoms with Crippen LogP contribution in [0.15, 0.2) is 64.0 Å². The van der Waals surface area contributed by atoms with Gasteiger partial charge in [-0.2, -0.15) is 5.26 Å². The molecule has 1 fully saturated rings. The molecule has 1 heterocycles. The van der Waals surface area contributed by atoms with E-state index in [0.717, 1.165) is 24.3 Å². The van der Waals surface area contributed by atoms with E-state index in [-0.39, 0.29) is 4.90 Å². The Morgan fingerprint density at radius 2 is 1.77 bits per heavy atom. The summed E-state index contributed by atoms with van der Waals surface area (Å²) in [6.45, 7) is 0. The van der Waals surface area contributed by atoms with E-state index in [1.807, 2.05) is 6.07 Å². The second kappa shape index (κ2) is 6.32. The molecule has 0 radical (unpaired) electrons. The van der Waals surface area contributed by atoms with Crippen molar-refractivity contribution in [3.8, 4) is 17.4 Å². The molecule has 0 atom stereocenters. The SMILES string of the molecule is N#Cc1ccc(NS(=O)(=O)c2ccc(-c3cnc(C4CC4)o3)cc2)cc1. The number of aromatic nitrogens is 1. The maximum atomic E-state index is 12.5. The zero-order valence-corrected chi connectivity index (χ0v) is 14.5. The Kier molecular flexibility index (Phi) is 3.98. The Hall–Kier alpha value is -3.11. The van der Waals surface area contributed by atoms with Crippen molar-refractivity contribution in [2.24, 2.45) is 0 Å². The van der Waals surface area contributed by atoms with Crippen molar-refractivity contribution < 1.29 is 12.8 Å². The van der Waals surface area contributed by atoms with Crippen LogP contribution in [-0.4, -0.2) is 13.4 Å². The molecule has 0 bridgehead atoms. The molecule has 26 heavy (non-hydrogen) atoms. The minimum absolute atomic E-state index is 0.146. The monoisotopic (exact) mass is 365 g/mol. The molecule has 130 valence electrons. The highest BCUT2D eigenvalue weighted by molar-refractivity contribution is 7.92. The molecule has 0 unspecified atom stereocenters. The van der Waals surface area contributed by atoms with Crippen LogP contribution in [0.5, 0.6) is 0 Å². The van der Waals surface area contributed by atoms with Crippen LogP contribution in [0.25, 0.3) is 11.3 Å². The first-order chi connectivity index (χ1) is 12.5. The Balaban J connectivity index is 1.53. The first-order valence-electron chi connectivity index (χ1n) is 8.14. The molecule has 7 heteroatoms. The third kappa shape index (κ3) is 3.32. The summed E-state index contributed by atoms with van der Waals surface area (Å²) in [7, 11) is -3.71. The van der Waals surface area contributed by atoms with E-state index in [0.29, 0.717) is 22.9 Å². The number of nitrogens with one attached hydrogen (secondary N) is 1. The fourth-order valence-corrected chi connectivity index (χ4v) is 3.62. The highest BCUT2D eigenvalue weighted by atomic mass is 32.2. The smallest absolute Gasteiger partial charge is 0.261 e. The van der Waals surface area contributed by atoms with Crippen LogP contribution >= 0.6 is 0 Å². The van der Waals surface area contributed by atoms with Crippen molar-refractivity contribution in [2.45, 2.75) is 23.7 Å². The van der Waals surface area contributed by atoms with E-state index in [2.05, 4.69) is 9.71 Å². The molecule has 6 nitrogen and oxygen atoms in total. The molecule has 0 amide bonds. The third-order valence-electron chi connectivity index (χ3n) is 4.17. The average Bonchev–Trinajstić information content (AvgIpc) is 3.39. The lowest BCUT2D eigenvalue weighted by molar-refractivity contribution is 0.509. The van der Waals surface area contributed by atoms with Crippen LogP contribution < -0.4 is 4.72 Å². The predicted octanol–water partition coefficient (Wildman–Crippen LogP) is 3.89. The molecule has 1 aromatic heterocycles. The van der Waals surface area contributed by atoms with Crippen molar-refractivity contribution in [1.29, 1.82) is 5.26 Å². The second-order valence-electron chi connectivity index (χ2n) is 6.16. The number of oxazole rings is 1. The maximum absolute atomic E-state index is 12.5. The van der Waals surface area contributed by atoms with Crippen molar-refractivity contribution in [3.63, 3.8) is 0 Å². The van der Waals surface area contributed by atoms with Crippen molar-refractivity contribution >= 4 is 15.7 Å². The number of hydrogen-bond donors (Lipinski definition) is 1. The molecule has 1 aliphatic carbocycles. The summed E-state index contributed by atoms with van der Waals surface area (Å²) < 4.78 is 33.2. The van der Waals surface area contributed by atoms with Gasteiger partial charge in [-0.25, -0.2) is 13.4 Å². The highest BCUT2D eigenvalue weighted by Gasteiger charge is 2.28. The molecule has 1 aliphatic rings. The first-order valence-corrected chi connectivity index (χ1v) is 9.62. The summed E-state index contributed by atoms with van der Waals surface area (Å²) in [5.74, 6) is 1.81. The van der Waals surface area contributed by atoms with Crippen molar-refractivity contribution in [3.05, 3.63) is 66.2 Å². The summed E-state index contributed by atoms with van der Waals surface area (Å²) in [5.41, 5.74) is 1.65. The maximum Gasteiger partial charge on any atom is 0.261 e. The van der Waals surface area contributed by atoms with Gasteiger partial charge in [0.1, 0.15) is 0 Å². The average molecular weight is 365 g/mol. The lowest BCUT2D eigenvalue weighted by atomic mass is 10.2. The van der Waals surface area contributed by atoms with Gasteiger partial charge in [0.25, 0.3) is 10.0 Å². The minimum atomic E-state index is -3.71. The Labute approximate surface area is 151 Å². The van der Waals surface area contributed by atoms with Crippen molar-refractivity contribution in [1.82, 2.24) is 4.98 Å². The summed E-state index contributed by atoms with van der Waals surface area (Å²) >= 11 is 0. The van der Waals surface area contributed by atoms with E-state index in [1.54, 1.807) is 42.6 Å². The number of benzene rings is 2. The zero-order chi connectivity index (χ0) is 18.1. The molecule has 2 aromatic carbocycles. The van der Waals surface area contributed by atoms with Crippen molar-refractivity contribution in [2.75, 3.05) is 4.72 Å². The summed E-state index contributed by atoms with van der Waals surface area (Å²) in [4.78, 5) is 4.42. The van der Waals surface area contributed by atoms with Gasteiger partial charge in [-0.15, -0.1) is 0 Å². The first kappa shape index (κ1) is 16.4. The van der Waals surface area contributed by atoms with Gasteiger partial charge in [0, 0.05) is 17.2 Å². The molecule has 0 spiro atoms. The number of nitrogens with zero attached hydrogens (tertiary/aromatic N) is 2.